The van der Waals surface area contributed by atoms with Crippen LogP contribution >= 0.6 is 11.6 Å². The maximum Gasteiger partial charge on any atom is 0.338 e. The van der Waals surface area contributed by atoms with Crippen LogP contribution in [0.2, 0.25) is 5.15 Å². The smallest absolute Gasteiger partial charge is 0.338 e. The first-order valence-corrected chi connectivity index (χ1v) is 9.44. The molecule has 146 valence electrons. The van der Waals surface area contributed by atoms with Crippen LogP contribution in [0.5, 0.6) is 0 Å². The van der Waals surface area contributed by atoms with Crippen molar-refractivity contribution in [3.05, 3.63) is 47.4 Å². The lowest BCUT2D eigenvalue weighted by atomic mass is 9.98. The summed E-state index contributed by atoms with van der Waals surface area (Å²) in [6, 6.07) is 8.87. The molecule has 2 N–H and O–H groups in total. The molecule has 28 heavy (non-hydrogen) atoms. The minimum Gasteiger partial charge on any atom is -0.454 e. The molecule has 8 nitrogen and oxygen atoms in total. The number of hydrogen-bond acceptors (Lipinski definition) is 7. The quantitative estimate of drug-likeness (QED) is 0.528. The van der Waals surface area contributed by atoms with Crippen molar-refractivity contribution in [1.82, 2.24) is 19.5 Å². The van der Waals surface area contributed by atoms with Gasteiger partial charge in [-0.2, -0.15) is 9.97 Å². The largest absolute Gasteiger partial charge is 0.454 e. The third kappa shape index (κ3) is 3.18. The topological polar surface area (TPSA) is 105 Å². The lowest BCUT2D eigenvalue weighted by Gasteiger charge is -2.22. The number of hydrogen-bond donors (Lipinski definition) is 1. The summed E-state index contributed by atoms with van der Waals surface area (Å²) in [6.07, 6.45) is 1.14. The second-order valence-electron chi connectivity index (χ2n) is 6.77. The van der Waals surface area contributed by atoms with Crippen molar-refractivity contribution in [2.45, 2.75) is 38.7 Å². The molecular weight excluding hydrogens is 382 g/mol. The van der Waals surface area contributed by atoms with E-state index in [1.807, 2.05) is 19.9 Å². The number of ether oxygens (including phenoxy) is 2. The zero-order valence-electron chi connectivity index (χ0n) is 15.4. The Bertz CT molecular complexity index is 1010. The van der Waals surface area contributed by atoms with Crippen LogP contribution in [-0.2, 0) is 9.47 Å². The van der Waals surface area contributed by atoms with E-state index in [-0.39, 0.29) is 23.1 Å². The minimum atomic E-state index is -0.594. The van der Waals surface area contributed by atoms with Gasteiger partial charge < -0.3 is 15.2 Å². The van der Waals surface area contributed by atoms with Gasteiger partial charge >= 0.3 is 5.97 Å². The fraction of sp³-hybridized carbons (Fsp3) is 0.368. The Kier molecular flexibility index (Phi) is 4.91. The first-order valence-electron chi connectivity index (χ1n) is 9.06. The van der Waals surface area contributed by atoms with Crippen LogP contribution in [0.3, 0.4) is 0 Å². The van der Waals surface area contributed by atoms with Gasteiger partial charge in [-0.05, 0) is 18.6 Å². The van der Waals surface area contributed by atoms with Crippen LogP contribution < -0.4 is 5.73 Å². The number of nitrogens with two attached hydrogens (primary N) is 1. The highest BCUT2D eigenvalue weighted by Gasteiger charge is 2.45. The van der Waals surface area contributed by atoms with Crippen molar-refractivity contribution < 1.29 is 14.3 Å². The standard InChI is InChI=1S/C19H20ClN5O3/c1-3-12-10(2)14(28-18(26)11-7-5-4-6-8-11)17(27-12)25-9-22-13-15(20)23-19(21)24-16(13)25/h4-10,12,14,17H,3H2,1-2H3,(H2,21,23,24)/t10?,12-,14+,17-/m1/s1. The van der Waals surface area contributed by atoms with Crippen LogP contribution in [0.25, 0.3) is 11.2 Å². The molecule has 2 aromatic heterocycles. The Morgan fingerprint density at radius 2 is 2.07 bits per heavy atom. The molecule has 9 heteroatoms. The van der Waals surface area contributed by atoms with E-state index in [0.717, 1.165) is 6.42 Å². The van der Waals surface area contributed by atoms with E-state index < -0.39 is 18.3 Å². The number of nitrogen functional groups attached to an aromatic ring is 1. The van der Waals surface area contributed by atoms with Gasteiger partial charge in [0.25, 0.3) is 0 Å². The van der Waals surface area contributed by atoms with E-state index in [1.165, 1.54) is 0 Å². The van der Waals surface area contributed by atoms with Gasteiger partial charge in [-0.25, -0.2) is 9.78 Å². The molecule has 1 aliphatic rings. The van der Waals surface area contributed by atoms with E-state index >= 15 is 0 Å². The van der Waals surface area contributed by atoms with Crippen LogP contribution in [-0.4, -0.2) is 37.7 Å². The molecule has 0 saturated carbocycles. The maximum absolute atomic E-state index is 12.7. The molecule has 1 saturated heterocycles. The monoisotopic (exact) mass is 401 g/mol. The predicted molar refractivity (Wildman–Crippen MR) is 104 cm³/mol. The molecule has 4 rings (SSSR count). The number of halogens is 1. The number of rotatable bonds is 4. The van der Waals surface area contributed by atoms with Gasteiger partial charge in [0.15, 0.2) is 23.1 Å². The minimum absolute atomic E-state index is 0.0187. The number of fused-ring (bicyclic) bond motifs is 1. The molecule has 0 amide bonds. The number of nitrogens with zero attached hydrogens (tertiary/aromatic N) is 4. The Morgan fingerprint density at radius 3 is 2.79 bits per heavy atom. The van der Waals surface area contributed by atoms with Crippen molar-refractivity contribution in [1.29, 1.82) is 0 Å². The molecule has 1 aromatic carbocycles. The zero-order chi connectivity index (χ0) is 19.8. The summed E-state index contributed by atoms with van der Waals surface area (Å²) in [5, 5.41) is 0.164. The highest BCUT2D eigenvalue weighted by molar-refractivity contribution is 6.33. The fourth-order valence-corrected chi connectivity index (χ4v) is 3.78. The zero-order valence-corrected chi connectivity index (χ0v) is 16.2. The first kappa shape index (κ1) is 18.6. The lowest BCUT2D eigenvalue weighted by molar-refractivity contribution is -0.0469. The van der Waals surface area contributed by atoms with Gasteiger partial charge in [0.1, 0.15) is 5.52 Å². The van der Waals surface area contributed by atoms with Crippen LogP contribution in [0, 0.1) is 5.92 Å². The first-order chi connectivity index (χ1) is 13.5. The van der Waals surface area contributed by atoms with E-state index in [0.29, 0.717) is 16.7 Å². The van der Waals surface area contributed by atoms with Crippen molar-refractivity contribution in [3.63, 3.8) is 0 Å². The number of aromatic nitrogens is 4. The Hall–Kier alpha value is -2.71. The summed E-state index contributed by atoms with van der Waals surface area (Å²) in [5.74, 6) is -0.385. The summed E-state index contributed by atoms with van der Waals surface area (Å²) in [4.78, 5) is 25.1. The number of esters is 1. The fourth-order valence-electron chi connectivity index (χ4n) is 3.56. The predicted octanol–water partition coefficient (Wildman–Crippen LogP) is 3.23. The van der Waals surface area contributed by atoms with Crippen molar-refractivity contribution in [2.75, 3.05) is 5.73 Å². The summed E-state index contributed by atoms with van der Waals surface area (Å²) >= 11 is 6.13. The second-order valence-corrected chi connectivity index (χ2v) is 7.12. The summed E-state index contributed by atoms with van der Waals surface area (Å²) < 4.78 is 13.8. The van der Waals surface area contributed by atoms with Gasteiger partial charge in [-0.1, -0.05) is 43.6 Å². The Balaban J connectivity index is 1.71. The van der Waals surface area contributed by atoms with E-state index in [2.05, 4.69) is 15.0 Å². The van der Waals surface area contributed by atoms with Gasteiger partial charge in [0, 0.05) is 5.92 Å². The molecule has 0 bridgehead atoms. The molecule has 4 atom stereocenters. The second kappa shape index (κ2) is 7.37. The summed E-state index contributed by atoms with van der Waals surface area (Å²) in [7, 11) is 0. The normalized spacial score (nSPS) is 24.5. The Labute approximate surface area is 166 Å². The molecule has 1 unspecified atom stereocenters. The van der Waals surface area contributed by atoms with Gasteiger partial charge in [0.05, 0.1) is 18.0 Å². The van der Waals surface area contributed by atoms with E-state index in [4.69, 9.17) is 26.8 Å². The highest BCUT2D eigenvalue weighted by atomic mass is 35.5. The average Bonchev–Trinajstić information content (AvgIpc) is 3.24. The number of benzene rings is 1. The third-order valence-electron chi connectivity index (χ3n) is 5.03. The van der Waals surface area contributed by atoms with Gasteiger partial charge in [-0.15, -0.1) is 0 Å². The van der Waals surface area contributed by atoms with Crippen molar-refractivity contribution >= 4 is 34.7 Å². The van der Waals surface area contributed by atoms with Crippen molar-refractivity contribution in [2.24, 2.45) is 5.92 Å². The van der Waals surface area contributed by atoms with Gasteiger partial charge in [0.2, 0.25) is 5.95 Å². The molecule has 0 spiro atoms. The number of carbonyl (C=O) groups excluding carboxylic acids is 1. The third-order valence-corrected chi connectivity index (χ3v) is 5.29. The Morgan fingerprint density at radius 1 is 1.32 bits per heavy atom. The molecule has 1 fully saturated rings. The number of carbonyl (C=O) groups is 1. The molecule has 1 aliphatic heterocycles. The SMILES string of the molecule is CC[C@H]1O[C@@H](n2cnc3c(Cl)nc(N)nc32)[C@@H](OC(=O)c2ccccc2)C1C. The summed E-state index contributed by atoms with van der Waals surface area (Å²) in [6.45, 7) is 4.04. The lowest BCUT2D eigenvalue weighted by Crippen LogP contribution is -2.30. The van der Waals surface area contributed by atoms with Crippen LogP contribution in [0.15, 0.2) is 36.7 Å². The van der Waals surface area contributed by atoms with Gasteiger partial charge in [-0.3, -0.25) is 4.57 Å². The van der Waals surface area contributed by atoms with Crippen molar-refractivity contribution in [3.8, 4) is 0 Å². The molecule has 3 aromatic rings. The number of anilines is 1. The molecule has 3 heterocycles. The van der Waals surface area contributed by atoms with E-state index in [9.17, 15) is 4.79 Å². The average molecular weight is 402 g/mol. The molecule has 0 radical (unpaired) electrons. The highest BCUT2D eigenvalue weighted by Crippen LogP contribution is 2.39. The van der Waals surface area contributed by atoms with Crippen LogP contribution in [0.4, 0.5) is 5.95 Å². The molecule has 0 aliphatic carbocycles. The van der Waals surface area contributed by atoms with Crippen LogP contribution in [0.1, 0.15) is 36.9 Å². The van der Waals surface area contributed by atoms with E-state index in [1.54, 1.807) is 35.2 Å². The number of imidazole rings is 1. The molecular formula is C19H20ClN5O3. The summed E-state index contributed by atoms with van der Waals surface area (Å²) in [5.41, 5.74) is 7.09. The maximum atomic E-state index is 12.7.